The second kappa shape index (κ2) is 22.3. The van der Waals surface area contributed by atoms with Crippen LogP contribution in [0.25, 0.3) is 10.8 Å². The van der Waals surface area contributed by atoms with Crippen LogP contribution in [0.15, 0.2) is 170 Å². The Hall–Kier alpha value is -4.42. The lowest BCUT2D eigenvalue weighted by molar-refractivity contribution is 0.685. The molecule has 0 heteroatoms. The Morgan fingerprint density at radius 1 is 0.310 bits per heavy atom. The van der Waals surface area contributed by atoms with Gasteiger partial charge < -0.3 is 0 Å². The molecule has 7 rings (SSSR count). The van der Waals surface area contributed by atoms with Crippen LogP contribution in [-0.2, 0) is 12.8 Å². The number of aryl methyl sites for hydroxylation is 4. The number of hydrogen-bond acceptors (Lipinski definition) is 0. The minimum Gasteiger partial charge on any atom is -0.0683 e. The Morgan fingerprint density at radius 2 is 0.548 bits per heavy atom. The summed E-state index contributed by atoms with van der Waals surface area (Å²) in [5.74, 6) is 0. The summed E-state index contributed by atoms with van der Waals surface area (Å²) in [6, 6.07) is 58.0. The van der Waals surface area contributed by atoms with E-state index in [9.17, 15) is 0 Å². The molecule has 0 bridgehead atoms. The molecule has 0 amide bonds. The largest absolute Gasteiger partial charge is 0.0683 e. The number of benzene rings is 6. The van der Waals surface area contributed by atoms with Crippen molar-refractivity contribution in [2.24, 2.45) is 0 Å². The van der Waals surface area contributed by atoms with Gasteiger partial charge in [0.25, 0.3) is 0 Å². The zero-order valence-corrected chi connectivity index (χ0v) is 26.0. The molecule has 0 aromatic heterocycles. The monoisotopic (exact) mass is 552 g/mol. The first kappa shape index (κ1) is 33.8. The summed E-state index contributed by atoms with van der Waals surface area (Å²) in [4.78, 5) is 0. The van der Waals surface area contributed by atoms with Crippen molar-refractivity contribution >= 4 is 10.8 Å². The first-order chi connectivity index (χ1) is 20.7. The van der Waals surface area contributed by atoms with Crippen LogP contribution >= 0.6 is 0 Å². The van der Waals surface area contributed by atoms with E-state index < -0.39 is 0 Å². The fraction of sp³-hybridized carbons (Fsp3) is 0.190. The van der Waals surface area contributed by atoms with Crippen molar-refractivity contribution in [1.82, 2.24) is 0 Å². The summed E-state index contributed by atoms with van der Waals surface area (Å²) in [6.07, 6.45) is 5.38. The van der Waals surface area contributed by atoms with Gasteiger partial charge >= 0.3 is 0 Å². The van der Waals surface area contributed by atoms with E-state index in [1.807, 2.05) is 86.6 Å². The van der Waals surface area contributed by atoms with Crippen molar-refractivity contribution in [3.05, 3.63) is 192 Å². The van der Waals surface area contributed by atoms with Gasteiger partial charge in [0.1, 0.15) is 0 Å². The summed E-state index contributed by atoms with van der Waals surface area (Å²) < 4.78 is 0. The smallest absolute Gasteiger partial charge is 0.0184 e. The molecule has 0 heterocycles. The first-order valence-electron chi connectivity index (χ1n) is 15.3. The molecule has 0 spiro atoms. The Kier molecular flexibility index (Phi) is 17.9. The summed E-state index contributed by atoms with van der Waals surface area (Å²) in [5, 5.41) is 2.62. The van der Waals surface area contributed by atoms with Crippen LogP contribution in [-0.4, -0.2) is 0 Å². The van der Waals surface area contributed by atoms with Crippen LogP contribution in [0.3, 0.4) is 0 Å². The highest BCUT2D eigenvalue weighted by Crippen LogP contribution is 2.19. The van der Waals surface area contributed by atoms with Gasteiger partial charge in [0.05, 0.1) is 0 Å². The zero-order chi connectivity index (χ0) is 30.1. The fourth-order valence-corrected chi connectivity index (χ4v) is 4.26. The number of rotatable bonds is 0. The molecule has 0 saturated heterocycles. The van der Waals surface area contributed by atoms with Gasteiger partial charge in [-0.2, -0.15) is 0 Å². The summed E-state index contributed by atoms with van der Waals surface area (Å²) in [5.41, 5.74) is 5.80. The average Bonchev–Trinajstić information content (AvgIpc) is 3.08. The zero-order valence-electron chi connectivity index (χ0n) is 26.0. The minimum atomic E-state index is 1.30. The van der Waals surface area contributed by atoms with Crippen molar-refractivity contribution in [3.8, 4) is 0 Å². The highest BCUT2D eigenvalue weighted by atomic mass is 14.1. The Bertz CT molecular complexity index is 1280. The SMILES string of the molecule is CC.Cc1ccccc1.Cc1ccccc1.c1ccc2c(c1)CCCC2.c1ccc2ccccc2c1.c1ccccc1. The van der Waals surface area contributed by atoms with E-state index in [4.69, 9.17) is 0 Å². The van der Waals surface area contributed by atoms with E-state index in [1.54, 1.807) is 11.1 Å². The van der Waals surface area contributed by atoms with Crippen molar-refractivity contribution in [3.63, 3.8) is 0 Å². The second-order valence-electron chi connectivity index (χ2n) is 9.79. The predicted octanol–water partition coefficient (Wildman–Crippen LogP) is 12.1. The molecule has 0 fully saturated rings. The van der Waals surface area contributed by atoms with Gasteiger partial charge in [-0.05, 0) is 61.4 Å². The Balaban J connectivity index is 0.000000183. The molecule has 6 aromatic rings. The molecule has 0 radical (unpaired) electrons. The first-order valence-corrected chi connectivity index (χ1v) is 15.3. The third-order valence-corrected chi connectivity index (χ3v) is 6.47. The fourth-order valence-electron chi connectivity index (χ4n) is 4.26. The standard InChI is InChI=1S/C10H12.C10H8.2C7H8.C6H6.C2H6/c2*1-2-6-10-8-4-3-7-9(10)5-1;2*1-7-5-3-2-4-6-7;1-2-4-6-5-3-1;1-2/h1-2,5-6H,3-4,7-8H2;1-8H;2*2-6H,1H3;1-6H;1-2H3. The van der Waals surface area contributed by atoms with Crippen LogP contribution in [0.5, 0.6) is 0 Å². The topological polar surface area (TPSA) is 0 Å². The number of hydrogen-bond donors (Lipinski definition) is 0. The van der Waals surface area contributed by atoms with Crippen LogP contribution in [0.4, 0.5) is 0 Å². The van der Waals surface area contributed by atoms with Crippen molar-refractivity contribution < 1.29 is 0 Å². The van der Waals surface area contributed by atoms with E-state index in [-0.39, 0.29) is 0 Å². The van der Waals surface area contributed by atoms with E-state index in [2.05, 4.69) is 111 Å². The van der Waals surface area contributed by atoms with E-state index in [0.717, 1.165) is 0 Å². The highest BCUT2D eigenvalue weighted by Gasteiger charge is 2.06. The quantitative estimate of drug-likeness (QED) is 0.176. The third kappa shape index (κ3) is 14.8. The normalized spacial score (nSPS) is 10.5. The predicted molar refractivity (Wildman–Crippen MR) is 187 cm³/mol. The van der Waals surface area contributed by atoms with Crippen LogP contribution in [0, 0.1) is 13.8 Å². The summed E-state index contributed by atoms with van der Waals surface area (Å²) in [7, 11) is 0. The minimum absolute atomic E-state index is 1.30. The van der Waals surface area contributed by atoms with Gasteiger partial charge in [-0.3, -0.25) is 0 Å². The van der Waals surface area contributed by atoms with Crippen molar-refractivity contribution in [1.29, 1.82) is 0 Å². The molecule has 0 unspecified atom stereocenters. The highest BCUT2D eigenvalue weighted by molar-refractivity contribution is 5.82. The molecule has 0 atom stereocenters. The maximum absolute atomic E-state index is 2.26. The van der Waals surface area contributed by atoms with E-state index in [0.29, 0.717) is 0 Å². The second-order valence-corrected chi connectivity index (χ2v) is 9.79. The Labute approximate surface area is 255 Å². The van der Waals surface area contributed by atoms with E-state index in [1.165, 1.54) is 47.6 Å². The molecule has 6 aromatic carbocycles. The average molecular weight is 553 g/mol. The molecule has 1 aliphatic rings. The van der Waals surface area contributed by atoms with Gasteiger partial charge in [-0.1, -0.05) is 195 Å². The number of fused-ring (bicyclic) bond motifs is 2. The maximum Gasteiger partial charge on any atom is -0.0184 e. The summed E-state index contributed by atoms with van der Waals surface area (Å²) in [6.45, 7) is 8.17. The van der Waals surface area contributed by atoms with Crippen molar-refractivity contribution in [2.75, 3.05) is 0 Å². The molecule has 0 N–H and O–H groups in total. The van der Waals surface area contributed by atoms with Crippen LogP contribution < -0.4 is 0 Å². The van der Waals surface area contributed by atoms with Gasteiger partial charge in [0, 0.05) is 0 Å². The van der Waals surface area contributed by atoms with Gasteiger partial charge in [0.15, 0.2) is 0 Å². The molecule has 216 valence electrons. The van der Waals surface area contributed by atoms with Crippen LogP contribution in [0.2, 0.25) is 0 Å². The molecule has 0 nitrogen and oxygen atoms in total. The molecule has 0 aliphatic heterocycles. The lowest BCUT2D eigenvalue weighted by Crippen LogP contribution is -2.00. The lowest BCUT2D eigenvalue weighted by atomic mass is 9.92. The van der Waals surface area contributed by atoms with E-state index >= 15 is 0 Å². The van der Waals surface area contributed by atoms with Crippen LogP contribution in [0.1, 0.15) is 48.9 Å². The third-order valence-electron chi connectivity index (χ3n) is 6.47. The van der Waals surface area contributed by atoms with Gasteiger partial charge in [0.2, 0.25) is 0 Å². The van der Waals surface area contributed by atoms with Gasteiger partial charge in [-0.25, -0.2) is 0 Å². The Morgan fingerprint density at radius 3 is 0.810 bits per heavy atom. The molecular weight excluding hydrogens is 504 g/mol. The summed E-state index contributed by atoms with van der Waals surface area (Å²) >= 11 is 0. The maximum atomic E-state index is 2.26. The molecule has 1 aliphatic carbocycles. The molecule has 0 saturated carbocycles. The van der Waals surface area contributed by atoms with Gasteiger partial charge in [-0.15, -0.1) is 0 Å². The molecule has 42 heavy (non-hydrogen) atoms. The molecular formula is C42H48. The lowest BCUT2D eigenvalue weighted by Gasteiger charge is -2.13. The van der Waals surface area contributed by atoms with Crippen molar-refractivity contribution in [2.45, 2.75) is 53.4 Å².